The van der Waals surface area contributed by atoms with E-state index >= 15 is 0 Å². The van der Waals surface area contributed by atoms with E-state index in [9.17, 15) is 0 Å². The van der Waals surface area contributed by atoms with Gasteiger partial charge < -0.3 is 0 Å². The molecule has 0 saturated heterocycles. The van der Waals surface area contributed by atoms with Gasteiger partial charge in [-0.05, 0) is 6.07 Å². The fraction of sp³-hybridized carbons (Fsp3) is 0. The van der Waals surface area contributed by atoms with Crippen LogP contribution in [-0.2, 0) is 0 Å². The highest BCUT2D eigenvalue weighted by molar-refractivity contribution is 7.07. The van der Waals surface area contributed by atoms with Gasteiger partial charge in [-0.2, -0.15) is 0 Å². The van der Waals surface area contributed by atoms with E-state index in [0.717, 1.165) is 16.3 Å². The van der Waals surface area contributed by atoms with E-state index in [1.807, 2.05) is 29.6 Å². The van der Waals surface area contributed by atoms with Crippen LogP contribution < -0.4 is 0 Å². The molecule has 0 fully saturated rings. The molecule has 0 N–H and O–H groups in total. The average Bonchev–Trinajstić information content (AvgIpc) is 2.57. The standard InChI is InChI=1S/C9H5ClNS/c10-8-4-2-1-3-7(8)9-5-12-6-11-9/h1-5H. The van der Waals surface area contributed by atoms with E-state index in [0.29, 0.717) is 0 Å². The van der Waals surface area contributed by atoms with Gasteiger partial charge in [0, 0.05) is 16.0 Å². The highest BCUT2D eigenvalue weighted by atomic mass is 35.5. The lowest BCUT2D eigenvalue weighted by Gasteiger charge is -1.97. The van der Waals surface area contributed by atoms with Crippen LogP contribution in [0.3, 0.4) is 0 Å². The predicted molar refractivity (Wildman–Crippen MR) is 51.4 cm³/mol. The number of halogens is 1. The summed E-state index contributed by atoms with van der Waals surface area (Å²) in [7, 11) is 0. The van der Waals surface area contributed by atoms with Crippen molar-refractivity contribution in [3.05, 3.63) is 40.2 Å². The molecule has 0 aliphatic heterocycles. The summed E-state index contributed by atoms with van der Waals surface area (Å²) in [5, 5.41) is 2.66. The van der Waals surface area contributed by atoms with Crippen LogP contribution in [0, 0.1) is 5.51 Å². The van der Waals surface area contributed by atoms with Gasteiger partial charge in [0.05, 0.1) is 5.69 Å². The SMILES string of the molecule is Clc1ccccc1-c1cs[c]n1. The Morgan fingerprint density at radius 3 is 2.83 bits per heavy atom. The number of nitrogens with zero attached hydrogens (tertiary/aromatic N) is 1. The molecule has 59 valence electrons. The molecule has 0 unspecified atom stereocenters. The van der Waals surface area contributed by atoms with Crippen LogP contribution in [0.5, 0.6) is 0 Å². The van der Waals surface area contributed by atoms with E-state index in [4.69, 9.17) is 11.6 Å². The molecule has 3 heteroatoms. The fourth-order valence-corrected chi connectivity index (χ4v) is 1.70. The monoisotopic (exact) mass is 194 g/mol. The zero-order valence-electron chi connectivity index (χ0n) is 6.12. The number of aromatic nitrogens is 1. The minimum atomic E-state index is 0.733. The largest absolute Gasteiger partial charge is 0.233 e. The maximum Gasteiger partial charge on any atom is 0.152 e. The molecule has 1 aromatic heterocycles. The fourth-order valence-electron chi connectivity index (χ4n) is 0.977. The van der Waals surface area contributed by atoms with Crippen molar-refractivity contribution in [2.45, 2.75) is 0 Å². The summed E-state index contributed by atoms with van der Waals surface area (Å²) in [5.74, 6) is 0. The third-order valence-corrected chi connectivity index (χ3v) is 2.41. The maximum atomic E-state index is 5.97. The first-order valence-electron chi connectivity index (χ1n) is 3.44. The molecule has 12 heavy (non-hydrogen) atoms. The molecule has 0 bridgehead atoms. The van der Waals surface area contributed by atoms with Crippen molar-refractivity contribution in [1.82, 2.24) is 4.98 Å². The highest BCUT2D eigenvalue weighted by Crippen LogP contribution is 2.26. The van der Waals surface area contributed by atoms with Crippen molar-refractivity contribution in [2.24, 2.45) is 0 Å². The van der Waals surface area contributed by atoms with Gasteiger partial charge in [-0.1, -0.05) is 29.8 Å². The number of thiazole rings is 1. The Hall–Kier alpha value is -0.860. The van der Waals surface area contributed by atoms with Crippen LogP contribution >= 0.6 is 22.9 Å². The summed E-state index contributed by atoms with van der Waals surface area (Å²) in [6, 6.07) is 7.66. The molecule has 0 atom stereocenters. The predicted octanol–water partition coefficient (Wildman–Crippen LogP) is 3.26. The smallest absolute Gasteiger partial charge is 0.152 e. The van der Waals surface area contributed by atoms with Gasteiger partial charge in [0.25, 0.3) is 0 Å². The highest BCUT2D eigenvalue weighted by Gasteiger charge is 2.02. The van der Waals surface area contributed by atoms with Crippen LogP contribution in [0.4, 0.5) is 0 Å². The summed E-state index contributed by atoms with van der Waals surface area (Å²) >= 11 is 7.41. The quantitative estimate of drug-likeness (QED) is 0.679. The van der Waals surface area contributed by atoms with Crippen LogP contribution in [0.1, 0.15) is 0 Å². The van der Waals surface area contributed by atoms with Gasteiger partial charge in [-0.3, -0.25) is 0 Å². The van der Waals surface area contributed by atoms with Gasteiger partial charge in [0.2, 0.25) is 0 Å². The Balaban J connectivity index is 2.55. The van der Waals surface area contributed by atoms with Gasteiger partial charge in [0.1, 0.15) is 0 Å². The van der Waals surface area contributed by atoms with E-state index in [1.54, 1.807) is 0 Å². The van der Waals surface area contributed by atoms with Gasteiger partial charge in [-0.25, -0.2) is 4.98 Å². The zero-order valence-corrected chi connectivity index (χ0v) is 7.69. The summed E-state index contributed by atoms with van der Waals surface area (Å²) < 4.78 is 0. The van der Waals surface area contributed by atoms with Crippen LogP contribution in [0.2, 0.25) is 5.02 Å². The summed E-state index contributed by atoms with van der Waals surface area (Å²) in [6.07, 6.45) is 0. The molecule has 1 aromatic carbocycles. The molecule has 1 radical (unpaired) electrons. The minimum absolute atomic E-state index is 0.733. The molecular formula is C9H5ClNS. The van der Waals surface area contributed by atoms with Crippen molar-refractivity contribution >= 4 is 22.9 Å². The summed E-state index contributed by atoms with van der Waals surface area (Å²) in [6.45, 7) is 0. The van der Waals surface area contributed by atoms with Crippen LogP contribution in [0.15, 0.2) is 29.6 Å². The van der Waals surface area contributed by atoms with Crippen molar-refractivity contribution < 1.29 is 0 Å². The van der Waals surface area contributed by atoms with Crippen molar-refractivity contribution in [2.75, 3.05) is 0 Å². The van der Waals surface area contributed by atoms with Crippen LogP contribution in [0.25, 0.3) is 11.3 Å². The van der Waals surface area contributed by atoms with Gasteiger partial charge in [0.15, 0.2) is 5.51 Å². The van der Waals surface area contributed by atoms with Gasteiger partial charge >= 0.3 is 0 Å². The minimum Gasteiger partial charge on any atom is -0.233 e. The third kappa shape index (κ3) is 1.36. The molecular weight excluding hydrogens is 190 g/mol. The molecule has 2 aromatic rings. The number of hydrogen-bond acceptors (Lipinski definition) is 2. The Labute approximate surface area is 79.7 Å². The first-order valence-corrected chi connectivity index (χ1v) is 4.70. The average molecular weight is 195 g/mol. The summed E-state index contributed by atoms with van der Waals surface area (Å²) in [4.78, 5) is 4.06. The van der Waals surface area contributed by atoms with Crippen molar-refractivity contribution in [3.8, 4) is 11.3 Å². The Morgan fingerprint density at radius 1 is 1.33 bits per heavy atom. The number of hydrogen-bond donors (Lipinski definition) is 0. The van der Waals surface area contributed by atoms with E-state index < -0.39 is 0 Å². The maximum absolute atomic E-state index is 5.97. The Bertz CT molecular complexity index is 370. The van der Waals surface area contributed by atoms with E-state index in [2.05, 4.69) is 10.5 Å². The van der Waals surface area contributed by atoms with E-state index in [-0.39, 0.29) is 0 Å². The molecule has 0 spiro atoms. The number of benzene rings is 1. The lowest BCUT2D eigenvalue weighted by Crippen LogP contribution is -1.77. The van der Waals surface area contributed by atoms with Gasteiger partial charge in [-0.15, -0.1) is 11.3 Å². The molecule has 0 aliphatic carbocycles. The first kappa shape index (κ1) is 7.77. The van der Waals surface area contributed by atoms with Crippen LogP contribution in [-0.4, -0.2) is 4.98 Å². The normalized spacial score (nSPS) is 10.1. The molecule has 1 heterocycles. The third-order valence-electron chi connectivity index (χ3n) is 1.54. The second-order valence-corrected chi connectivity index (χ2v) is 3.37. The topological polar surface area (TPSA) is 12.9 Å². The summed E-state index contributed by atoms with van der Waals surface area (Å²) in [5.41, 5.74) is 4.65. The Kier molecular flexibility index (Phi) is 2.11. The Morgan fingerprint density at radius 2 is 2.17 bits per heavy atom. The molecule has 0 amide bonds. The molecule has 1 nitrogen and oxygen atoms in total. The van der Waals surface area contributed by atoms with Crippen molar-refractivity contribution in [1.29, 1.82) is 0 Å². The number of rotatable bonds is 1. The van der Waals surface area contributed by atoms with E-state index in [1.165, 1.54) is 11.3 Å². The molecule has 2 rings (SSSR count). The zero-order chi connectivity index (χ0) is 8.39. The first-order chi connectivity index (χ1) is 5.88. The second-order valence-electron chi connectivity index (χ2n) is 2.30. The van der Waals surface area contributed by atoms with Crippen molar-refractivity contribution in [3.63, 3.8) is 0 Å². The molecule has 0 saturated carbocycles. The molecule has 0 aliphatic rings. The second kappa shape index (κ2) is 3.25. The lowest BCUT2D eigenvalue weighted by atomic mass is 10.2. The lowest BCUT2D eigenvalue weighted by molar-refractivity contribution is 1.40.